The van der Waals surface area contributed by atoms with Gasteiger partial charge >= 0.3 is 0 Å². The largest absolute Gasteiger partial charge is 0.481 e. The number of benzene rings is 1. The van der Waals surface area contributed by atoms with Crippen molar-refractivity contribution in [2.75, 3.05) is 12.8 Å². The molecule has 0 bridgehead atoms. The van der Waals surface area contributed by atoms with Crippen molar-refractivity contribution in [2.45, 2.75) is 31.8 Å². The Morgan fingerprint density at radius 2 is 2.04 bits per heavy atom. The molecule has 0 spiro atoms. The summed E-state index contributed by atoms with van der Waals surface area (Å²) in [5.74, 6) is -0.0328. The lowest BCUT2D eigenvalue weighted by atomic mass is 9.92. The smallest absolute Gasteiger partial charge is 0.258 e. The van der Waals surface area contributed by atoms with Crippen molar-refractivity contribution in [2.24, 2.45) is 0 Å². The summed E-state index contributed by atoms with van der Waals surface area (Å²) in [6.07, 6.45) is 4.70. The van der Waals surface area contributed by atoms with E-state index in [1.165, 1.54) is 13.2 Å². The molecule has 2 aliphatic rings. The molecule has 1 aromatic carbocycles. The first-order valence-corrected chi connectivity index (χ1v) is 9.30. The van der Waals surface area contributed by atoms with Gasteiger partial charge < -0.3 is 15.4 Å². The highest BCUT2D eigenvalue weighted by Gasteiger charge is 2.38. The zero-order valence-electron chi connectivity index (χ0n) is 15.4. The molecule has 5 rings (SSSR count). The third kappa shape index (κ3) is 2.35. The fourth-order valence-electron chi connectivity index (χ4n) is 4.03. The lowest BCUT2D eigenvalue weighted by Crippen LogP contribution is -2.40. The molecule has 1 aliphatic heterocycles. The maximum absolute atomic E-state index is 14.8. The van der Waals surface area contributed by atoms with Gasteiger partial charge in [-0.15, -0.1) is 0 Å². The first-order valence-electron chi connectivity index (χ1n) is 9.30. The molecule has 0 radical (unpaired) electrons. The number of methoxy groups -OCH3 is 1. The molecule has 3 heterocycles. The Balaban J connectivity index is 1.70. The molecular formula is C21H19FN4O2. The van der Waals surface area contributed by atoms with Gasteiger partial charge in [0, 0.05) is 34.8 Å². The van der Waals surface area contributed by atoms with E-state index in [-0.39, 0.29) is 11.9 Å². The maximum Gasteiger partial charge on any atom is 0.258 e. The topological polar surface area (TPSA) is 81.3 Å². The van der Waals surface area contributed by atoms with E-state index in [1.807, 2.05) is 4.90 Å². The number of carbonyl (C=O) groups excluding carboxylic acids is 1. The molecule has 0 unspecified atom stereocenters. The van der Waals surface area contributed by atoms with Crippen LogP contribution in [-0.2, 0) is 6.54 Å². The molecule has 6 nitrogen and oxygen atoms in total. The highest BCUT2D eigenvalue weighted by Crippen LogP contribution is 2.40. The number of hydrogen-bond donors (Lipinski definition) is 1. The fraction of sp³-hybridized carbons (Fsp3) is 0.286. The predicted octanol–water partition coefficient (Wildman–Crippen LogP) is 3.54. The van der Waals surface area contributed by atoms with Crippen molar-refractivity contribution in [3.8, 4) is 17.0 Å². The van der Waals surface area contributed by atoms with Crippen LogP contribution in [0, 0.1) is 5.82 Å². The van der Waals surface area contributed by atoms with Crippen molar-refractivity contribution in [1.29, 1.82) is 0 Å². The van der Waals surface area contributed by atoms with Crippen molar-refractivity contribution in [3.63, 3.8) is 0 Å². The van der Waals surface area contributed by atoms with Gasteiger partial charge in [-0.1, -0.05) is 0 Å². The number of amides is 1. The second-order valence-electron chi connectivity index (χ2n) is 7.27. The zero-order chi connectivity index (χ0) is 19.4. The maximum atomic E-state index is 14.8. The molecule has 1 saturated carbocycles. The van der Waals surface area contributed by atoms with Gasteiger partial charge in [0.25, 0.3) is 5.91 Å². The van der Waals surface area contributed by atoms with E-state index >= 15 is 0 Å². The van der Waals surface area contributed by atoms with Crippen molar-refractivity contribution in [3.05, 3.63) is 47.5 Å². The van der Waals surface area contributed by atoms with E-state index in [9.17, 15) is 9.18 Å². The highest BCUT2D eigenvalue weighted by atomic mass is 19.1. The molecule has 0 saturated heterocycles. The number of nitrogens with zero attached hydrogens (tertiary/aromatic N) is 3. The molecule has 0 atom stereocenters. The van der Waals surface area contributed by atoms with Crippen LogP contribution in [0.3, 0.4) is 0 Å². The summed E-state index contributed by atoms with van der Waals surface area (Å²) >= 11 is 0. The van der Waals surface area contributed by atoms with Gasteiger partial charge in [0.15, 0.2) is 0 Å². The van der Waals surface area contributed by atoms with Crippen LogP contribution >= 0.6 is 0 Å². The third-order valence-electron chi connectivity index (χ3n) is 5.77. The van der Waals surface area contributed by atoms with Crippen molar-refractivity contribution >= 4 is 22.5 Å². The van der Waals surface area contributed by atoms with Crippen LogP contribution < -0.4 is 10.5 Å². The quantitative estimate of drug-likeness (QED) is 0.754. The minimum atomic E-state index is -0.411. The van der Waals surface area contributed by atoms with E-state index in [2.05, 4.69) is 4.98 Å². The number of carbonyl (C=O) groups is 1. The summed E-state index contributed by atoms with van der Waals surface area (Å²) in [5.41, 5.74) is 9.19. The minimum Gasteiger partial charge on any atom is -0.481 e. The van der Waals surface area contributed by atoms with Crippen LogP contribution in [0.2, 0.25) is 0 Å². The lowest BCUT2D eigenvalue weighted by Gasteiger charge is -2.34. The molecule has 142 valence electrons. The number of nitrogen functional groups attached to an aromatic ring is 1. The Hall–Kier alpha value is -3.22. The Morgan fingerprint density at radius 1 is 1.21 bits per heavy atom. The Labute approximate surface area is 161 Å². The van der Waals surface area contributed by atoms with Gasteiger partial charge in [-0.2, -0.15) is 0 Å². The fourth-order valence-corrected chi connectivity index (χ4v) is 4.03. The van der Waals surface area contributed by atoms with Crippen LogP contribution in [-0.4, -0.2) is 33.9 Å². The number of aromatic nitrogens is 2. The average molecular weight is 378 g/mol. The molecule has 1 fully saturated rings. The molecular weight excluding hydrogens is 359 g/mol. The van der Waals surface area contributed by atoms with E-state index in [0.717, 1.165) is 19.3 Å². The normalized spacial score (nSPS) is 16.4. The van der Waals surface area contributed by atoms with Crippen LogP contribution in [0.1, 0.15) is 35.3 Å². The predicted molar refractivity (Wildman–Crippen MR) is 103 cm³/mol. The molecule has 2 N–H and O–H groups in total. The summed E-state index contributed by atoms with van der Waals surface area (Å²) in [4.78, 5) is 23.6. The standard InChI is InChI=1S/C21H19FN4O2/c1-28-16-8-5-11(9-24-16)17-14(22)7-6-13-19(23)18-15(25-20(13)17)10-26(21(18)27)12-3-2-4-12/h5-9,12H,2-4,10H2,1H3,(H2,23,25). The Bertz CT molecular complexity index is 1110. The number of ether oxygens (including phenoxy) is 1. The number of nitrogens with two attached hydrogens (primary N) is 1. The number of fused-ring (bicyclic) bond motifs is 2. The Morgan fingerprint density at radius 3 is 2.68 bits per heavy atom. The van der Waals surface area contributed by atoms with E-state index in [1.54, 1.807) is 24.4 Å². The average Bonchev–Trinajstić information content (AvgIpc) is 2.97. The minimum absolute atomic E-state index is 0.0661. The highest BCUT2D eigenvalue weighted by molar-refractivity contribution is 6.11. The van der Waals surface area contributed by atoms with E-state index in [4.69, 9.17) is 15.5 Å². The van der Waals surface area contributed by atoms with Gasteiger partial charge in [0.1, 0.15) is 5.82 Å². The van der Waals surface area contributed by atoms with Crippen molar-refractivity contribution in [1.82, 2.24) is 14.9 Å². The van der Waals surface area contributed by atoms with Gasteiger partial charge in [-0.3, -0.25) is 4.79 Å². The first kappa shape index (κ1) is 16.9. The number of rotatable bonds is 3. The second-order valence-corrected chi connectivity index (χ2v) is 7.27. The van der Waals surface area contributed by atoms with Gasteiger partial charge in [-0.05, 0) is 37.5 Å². The number of halogens is 1. The number of anilines is 1. The van der Waals surface area contributed by atoms with Gasteiger partial charge in [0.2, 0.25) is 5.88 Å². The first-order chi connectivity index (χ1) is 13.6. The number of pyridine rings is 2. The third-order valence-corrected chi connectivity index (χ3v) is 5.77. The van der Waals surface area contributed by atoms with Crippen LogP contribution in [0.25, 0.3) is 22.0 Å². The van der Waals surface area contributed by atoms with Crippen molar-refractivity contribution < 1.29 is 13.9 Å². The molecule has 1 amide bonds. The number of hydrogen-bond acceptors (Lipinski definition) is 5. The van der Waals surface area contributed by atoms with E-state index in [0.29, 0.717) is 51.4 Å². The summed E-state index contributed by atoms with van der Waals surface area (Å²) in [5, 5.41) is 0.578. The van der Waals surface area contributed by atoms with Crippen LogP contribution in [0.15, 0.2) is 30.5 Å². The monoisotopic (exact) mass is 378 g/mol. The summed E-state index contributed by atoms with van der Waals surface area (Å²) in [7, 11) is 1.52. The summed E-state index contributed by atoms with van der Waals surface area (Å²) in [6, 6.07) is 6.61. The summed E-state index contributed by atoms with van der Waals surface area (Å²) < 4.78 is 19.9. The van der Waals surface area contributed by atoms with Gasteiger partial charge in [-0.25, -0.2) is 14.4 Å². The van der Waals surface area contributed by atoms with E-state index < -0.39 is 5.82 Å². The molecule has 1 aliphatic carbocycles. The molecule has 3 aromatic rings. The lowest BCUT2D eigenvalue weighted by molar-refractivity contribution is 0.0606. The second kappa shape index (κ2) is 6.15. The zero-order valence-corrected chi connectivity index (χ0v) is 15.4. The van der Waals surface area contributed by atoms with Gasteiger partial charge in [0.05, 0.1) is 36.1 Å². The molecule has 2 aromatic heterocycles. The SMILES string of the molecule is COc1ccc(-c2c(F)ccc3c(N)c4c(nc23)CN(C2CCC2)C4=O)cn1. The van der Waals surface area contributed by atoms with Crippen LogP contribution in [0.5, 0.6) is 5.88 Å². The molecule has 7 heteroatoms. The van der Waals surface area contributed by atoms with Crippen LogP contribution in [0.4, 0.5) is 10.1 Å². The summed E-state index contributed by atoms with van der Waals surface area (Å²) in [6.45, 7) is 0.426. The Kier molecular flexibility index (Phi) is 3.72. The molecule has 28 heavy (non-hydrogen) atoms.